The molecule has 0 atom stereocenters. The van der Waals surface area contributed by atoms with E-state index in [1.54, 1.807) is 22.7 Å². The average Bonchev–Trinajstić information content (AvgIpc) is 3.00. The number of amides is 1. The molecule has 0 radical (unpaired) electrons. The monoisotopic (exact) mass is 370 g/mol. The van der Waals surface area contributed by atoms with E-state index in [4.69, 9.17) is 0 Å². The predicted molar refractivity (Wildman–Crippen MR) is 88.1 cm³/mol. The van der Waals surface area contributed by atoms with Gasteiger partial charge in [0.15, 0.2) is 0 Å². The molecular formula is C16H10N4O2Se. The molecular weight excluding hydrogens is 359 g/mol. The third kappa shape index (κ3) is 2.46. The van der Waals surface area contributed by atoms with Crippen LogP contribution in [0.4, 0.5) is 5.69 Å². The Morgan fingerprint density at radius 2 is 1.78 bits per heavy atom. The van der Waals surface area contributed by atoms with Crippen LogP contribution >= 0.6 is 0 Å². The molecule has 112 valence electrons. The average molecular weight is 369 g/mol. The summed E-state index contributed by atoms with van der Waals surface area (Å²) in [6.45, 7) is 0. The first kappa shape index (κ1) is 13.9. The van der Waals surface area contributed by atoms with Gasteiger partial charge in [-0.25, -0.2) is 0 Å². The SMILES string of the molecule is O=C(Nc1ccccc1)c1nn2c(nc(=O)c3ccccc32)[se]1. The molecule has 4 aromatic rings. The Kier molecular flexibility index (Phi) is 3.29. The fourth-order valence-electron chi connectivity index (χ4n) is 2.29. The molecule has 1 N–H and O–H groups in total. The maximum absolute atomic E-state index is 12.4. The molecule has 0 unspecified atom stereocenters. The van der Waals surface area contributed by atoms with Gasteiger partial charge in [0.1, 0.15) is 0 Å². The van der Waals surface area contributed by atoms with Crippen molar-refractivity contribution in [1.82, 2.24) is 14.6 Å². The molecule has 6 nitrogen and oxygen atoms in total. The molecule has 23 heavy (non-hydrogen) atoms. The number of nitrogens with one attached hydrogen (secondary N) is 1. The van der Waals surface area contributed by atoms with Crippen LogP contribution < -0.4 is 10.9 Å². The molecule has 7 heteroatoms. The van der Waals surface area contributed by atoms with Crippen molar-refractivity contribution in [2.45, 2.75) is 0 Å². The van der Waals surface area contributed by atoms with Crippen LogP contribution in [-0.2, 0) is 0 Å². The number of carbonyl (C=O) groups excluding carboxylic acids is 1. The van der Waals surface area contributed by atoms with Crippen LogP contribution in [0.5, 0.6) is 0 Å². The van der Waals surface area contributed by atoms with E-state index in [0.29, 0.717) is 25.7 Å². The van der Waals surface area contributed by atoms with Gasteiger partial charge < -0.3 is 0 Å². The summed E-state index contributed by atoms with van der Waals surface area (Å²) in [5.41, 5.74) is 1.10. The van der Waals surface area contributed by atoms with Crippen molar-refractivity contribution in [1.29, 1.82) is 0 Å². The number of benzene rings is 2. The first-order chi connectivity index (χ1) is 11.2. The molecule has 0 saturated heterocycles. The number of hydrogen-bond donors (Lipinski definition) is 1. The van der Waals surface area contributed by atoms with Gasteiger partial charge in [-0.05, 0) is 0 Å². The van der Waals surface area contributed by atoms with Gasteiger partial charge >= 0.3 is 136 Å². The summed E-state index contributed by atoms with van der Waals surface area (Å²) in [6.07, 6.45) is 0. The molecule has 0 aliphatic heterocycles. The predicted octanol–water partition coefficient (Wildman–Crippen LogP) is 1.55. The van der Waals surface area contributed by atoms with Crippen molar-refractivity contribution in [2.24, 2.45) is 0 Å². The van der Waals surface area contributed by atoms with Gasteiger partial charge in [0.05, 0.1) is 0 Å². The topological polar surface area (TPSA) is 76.4 Å². The number of carbonyl (C=O) groups is 1. The Morgan fingerprint density at radius 1 is 1.04 bits per heavy atom. The number of nitrogens with zero attached hydrogens (tertiary/aromatic N) is 3. The van der Waals surface area contributed by atoms with Crippen molar-refractivity contribution in [3.05, 3.63) is 69.5 Å². The van der Waals surface area contributed by atoms with Crippen LogP contribution in [0.1, 0.15) is 9.36 Å². The normalized spacial score (nSPS) is 11.0. The van der Waals surface area contributed by atoms with E-state index in [1.807, 2.05) is 36.4 Å². The summed E-state index contributed by atoms with van der Waals surface area (Å²) in [6, 6.07) is 16.3. The van der Waals surface area contributed by atoms with Gasteiger partial charge in [0, 0.05) is 0 Å². The summed E-state index contributed by atoms with van der Waals surface area (Å²) in [5, 5.41) is 7.67. The van der Waals surface area contributed by atoms with Crippen molar-refractivity contribution in [2.75, 3.05) is 5.32 Å². The van der Waals surface area contributed by atoms with Gasteiger partial charge in [-0.2, -0.15) is 0 Å². The second kappa shape index (κ2) is 5.46. The number of fused-ring (bicyclic) bond motifs is 3. The van der Waals surface area contributed by atoms with Gasteiger partial charge in [-0.3, -0.25) is 0 Å². The Balaban J connectivity index is 1.81. The third-order valence-electron chi connectivity index (χ3n) is 3.35. The zero-order valence-corrected chi connectivity index (χ0v) is 13.5. The van der Waals surface area contributed by atoms with E-state index < -0.39 is 14.5 Å². The van der Waals surface area contributed by atoms with Crippen LogP contribution in [0.15, 0.2) is 59.4 Å². The molecule has 1 amide bonds. The van der Waals surface area contributed by atoms with E-state index in [2.05, 4.69) is 15.4 Å². The number of anilines is 1. The molecule has 2 aromatic carbocycles. The van der Waals surface area contributed by atoms with Gasteiger partial charge in [-0.15, -0.1) is 0 Å². The number of rotatable bonds is 2. The Labute approximate surface area is 136 Å². The van der Waals surface area contributed by atoms with Crippen molar-refractivity contribution in [3.63, 3.8) is 0 Å². The summed E-state index contributed by atoms with van der Waals surface area (Å²) in [4.78, 5) is 28.5. The van der Waals surface area contributed by atoms with E-state index in [9.17, 15) is 9.59 Å². The van der Waals surface area contributed by atoms with Crippen molar-refractivity contribution >= 4 is 41.5 Å². The second-order valence-corrected chi connectivity index (χ2v) is 6.86. The van der Waals surface area contributed by atoms with Crippen LogP contribution in [-0.4, -0.2) is 35.0 Å². The number of aromatic nitrogens is 3. The number of para-hydroxylation sites is 2. The van der Waals surface area contributed by atoms with Crippen LogP contribution in [0.25, 0.3) is 15.4 Å². The standard InChI is InChI=1S/C16H10N4O2Se/c21-13-11-8-4-5-9-12(11)20-16(18-13)23-15(19-20)14(22)17-10-6-2-1-3-7-10/h1-9H,(H,17,22). The zero-order chi connectivity index (χ0) is 15.8. The van der Waals surface area contributed by atoms with Crippen molar-refractivity contribution in [3.8, 4) is 0 Å². The maximum atomic E-state index is 12.4. The van der Waals surface area contributed by atoms with E-state index >= 15 is 0 Å². The third-order valence-corrected chi connectivity index (χ3v) is 5.25. The first-order valence-corrected chi connectivity index (χ1v) is 8.59. The summed E-state index contributed by atoms with van der Waals surface area (Å²) in [7, 11) is 0. The quantitative estimate of drug-likeness (QED) is 0.544. The minimum atomic E-state index is -0.401. The Morgan fingerprint density at radius 3 is 2.61 bits per heavy atom. The van der Waals surface area contributed by atoms with E-state index in [0.717, 1.165) is 0 Å². The molecule has 0 aliphatic rings. The van der Waals surface area contributed by atoms with Crippen LogP contribution in [0.3, 0.4) is 0 Å². The fourth-order valence-corrected chi connectivity index (χ4v) is 3.96. The van der Waals surface area contributed by atoms with Gasteiger partial charge in [-0.1, -0.05) is 0 Å². The molecule has 0 bridgehead atoms. The summed E-state index contributed by atoms with van der Waals surface area (Å²) in [5.74, 6) is -0.266. The number of hydrogen-bond acceptors (Lipinski definition) is 4. The van der Waals surface area contributed by atoms with Crippen molar-refractivity contribution < 1.29 is 4.79 Å². The van der Waals surface area contributed by atoms with E-state index in [-0.39, 0.29) is 11.5 Å². The molecule has 2 aromatic heterocycles. The Bertz CT molecular complexity index is 1090. The minimum absolute atomic E-state index is 0.266. The van der Waals surface area contributed by atoms with E-state index in [1.165, 1.54) is 0 Å². The summed E-state index contributed by atoms with van der Waals surface area (Å²) < 4.78 is 2.53. The Hall–Kier alpha value is -2.76. The molecule has 0 aliphatic carbocycles. The molecule has 4 rings (SSSR count). The van der Waals surface area contributed by atoms with Gasteiger partial charge in [0.2, 0.25) is 0 Å². The molecule has 0 fully saturated rings. The van der Waals surface area contributed by atoms with Crippen LogP contribution in [0.2, 0.25) is 0 Å². The second-order valence-electron chi connectivity index (χ2n) is 4.86. The zero-order valence-electron chi connectivity index (χ0n) is 11.8. The molecule has 0 spiro atoms. The molecule has 2 heterocycles. The summed E-state index contributed by atoms with van der Waals surface area (Å²) >= 11 is -0.401. The van der Waals surface area contributed by atoms with Gasteiger partial charge in [0.25, 0.3) is 0 Å². The fraction of sp³-hybridized carbons (Fsp3) is 0. The molecule has 0 saturated carbocycles. The van der Waals surface area contributed by atoms with Crippen LogP contribution in [0, 0.1) is 0 Å². The first-order valence-electron chi connectivity index (χ1n) is 6.87.